The zero-order valence-electron chi connectivity index (χ0n) is 12.8. The molecule has 2 atom stereocenters. The molecule has 2 aliphatic heterocycles. The van der Waals surface area contributed by atoms with Crippen molar-refractivity contribution in [1.82, 2.24) is 9.62 Å². The highest BCUT2D eigenvalue weighted by Crippen LogP contribution is 2.34. The Morgan fingerprint density at radius 1 is 1.35 bits per heavy atom. The second-order valence-corrected chi connectivity index (χ2v) is 7.83. The summed E-state index contributed by atoms with van der Waals surface area (Å²) in [6.45, 7) is 2.60. The number of non-ortho nitro benzene ring substituents is 1. The van der Waals surface area contributed by atoms with Crippen LogP contribution in [0.15, 0.2) is 23.1 Å². The summed E-state index contributed by atoms with van der Waals surface area (Å²) in [5.74, 6) is 0.930. The van der Waals surface area contributed by atoms with Crippen LogP contribution in [0.1, 0.15) is 6.42 Å². The van der Waals surface area contributed by atoms with E-state index in [0.717, 1.165) is 25.6 Å². The molecule has 1 aromatic rings. The van der Waals surface area contributed by atoms with Gasteiger partial charge in [0.1, 0.15) is 10.6 Å². The van der Waals surface area contributed by atoms with Gasteiger partial charge in [-0.15, -0.1) is 0 Å². The van der Waals surface area contributed by atoms with E-state index in [4.69, 9.17) is 4.74 Å². The summed E-state index contributed by atoms with van der Waals surface area (Å²) in [7, 11) is -2.47. The standard InChI is InChI=1S/C14H19N3O5S/c1-22-13-3-2-12(17(18)19)6-14(13)23(20,21)16-5-4-10-7-15-8-11(10)9-16/h2-3,6,10-11,15H,4-5,7-9H2,1H3. The number of rotatable bonds is 4. The lowest BCUT2D eigenvalue weighted by molar-refractivity contribution is -0.385. The molecule has 8 nitrogen and oxygen atoms in total. The summed E-state index contributed by atoms with van der Waals surface area (Å²) in [4.78, 5) is 10.2. The third-order valence-electron chi connectivity index (χ3n) is 4.64. The number of nitrogens with one attached hydrogen (secondary N) is 1. The summed E-state index contributed by atoms with van der Waals surface area (Å²) in [6.07, 6.45) is 0.800. The number of ether oxygens (including phenoxy) is 1. The van der Waals surface area contributed by atoms with Crippen molar-refractivity contribution in [2.75, 3.05) is 33.3 Å². The SMILES string of the molecule is COc1ccc([N+](=O)[O-])cc1S(=O)(=O)N1CCC2CNCC2C1. The minimum Gasteiger partial charge on any atom is -0.495 e. The first-order valence-electron chi connectivity index (χ1n) is 7.47. The van der Waals surface area contributed by atoms with Gasteiger partial charge < -0.3 is 10.1 Å². The van der Waals surface area contributed by atoms with Gasteiger partial charge >= 0.3 is 0 Å². The van der Waals surface area contributed by atoms with Crippen LogP contribution < -0.4 is 10.1 Å². The number of hydrogen-bond donors (Lipinski definition) is 1. The van der Waals surface area contributed by atoms with E-state index in [1.54, 1.807) is 0 Å². The molecule has 3 rings (SSSR count). The molecular weight excluding hydrogens is 322 g/mol. The number of nitro groups is 1. The Morgan fingerprint density at radius 3 is 2.78 bits per heavy atom. The first-order valence-corrected chi connectivity index (χ1v) is 8.91. The second kappa shape index (κ2) is 6.06. The van der Waals surface area contributed by atoms with Crippen LogP contribution in [0.3, 0.4) is 0 Å². The maximum atomic E-state index is 12.9. The van der Waals surface area contributed by atoms with E-state index in [-0.39, 0.29) is 16.3 Å². The van der Waals surface area contributed by atoms with Gasteiger partial charge in [-0.05, 0) is 37.4 Å². The van der Waals surface area contributed by atoms with Gasteiger partial charge in [0.2, 0.25) is 10.0 Å². The molecule has 0 aliphatic carbocycles. The van der Waals surface area contributed by atoms with E-state index in [2.05, 4.69) is 5.32 Å². The van der Waals surface area contributed by atoms with Crippen LogP contribution in [-0.2, 0) is 10.0 Å². The lowest BCUT2D eigenvalue weighted by atomic mass is 9.90. The summed E-state index contributed by atoms with van der Waals surface area (Å²) in [5, 5.41) is 14.2. The quantitative estimate of drug-likeness (QED) is 0.643. The maximum Gasteiger partial charge on any atom is 0.271 e. The summed E-state index contributed by atoms with van der Waals surface area (Å²) < 4.78 is 32.4. The van der Waals surface area contributed by atoms with Gasteiger partial charge in [0.05, 0.1) is 12.0 Å². The largest absolute Gasteiger partial charge is 0.495 e. The molecule has 0 spiro atoms. The molecule has 9 heteroatoms. The Kier molecular flexibility index (Phi) is 4.26. The summed E-state index contributed by atoms with van der Waals surface area (Å²) in [5.41, 5.74) is -0.262. The van der Waals surface area contributed by atoms with Gasteiger partial charge in [-0.25, -0.2) is 8.42 Å². The van der Waals surface area contributed by atoms with Crippen molar-refractivity contribution in [2.45, 2.75) is 11.3 Å². The molecule has 1 aromatic carbocycles. The fourth-order valence-electron chi connectivity index (χ4n) is 3.34. The number of benzene rings is 1. The van der Waals surface area contributed by atoms with Crippen LogP contribution in [-0.4, -0.2) is 50.9 Å². The van der Waals surface area contributed by atoms with Crippen LogP contribution >= 0.6 is 0 Å². The fourth-order valence-corrected chi connectivity index (χ4v) is 5.03. The van der Waals surface area contributed by atoms with Crippen LogP contribution in [0.2, 0.25) is 0 Å². The molecule has 0 saturated carbocycles. The van der Waals surface area contributed by atoms with Crippen molar-refractivity contribution in [3.63, 3.8) is 0 Å². The first kappa shape index (κ1) is 16.2. The number of nitrogens with zero attached hydrogens (tertiary/aromatic N) is 2. The maximum absolute atomic E-state index is 12.9. The van der Waals surface area contributed by atoms with Gasteiger partial charge in [0.25, 0.3) is 5.69 Å². The predicted molar refractivity (Wildman–Crippen MR) is 82.9 cm³/mol. The highest BCUT2D eigenvalue weighted by Gasteiger charge is 2.39. The third kappa shape index (κ3) is 2.91. The van der Waals surface area contributed by atoms with Crippen LogP contribution in [0.25, 0.3) is 0 Å². The van der Waals surface area contributed by atoms with Crippen molar-refractivity contribution in [3.8, 4) is 5.75 Å². The monoisotopic (exact) mass is 341 g/mol. The van der Waals surface area contributed by atoms with Crippen molar-refractivity contribution >= 4 is 15.7 Å². The Bertz CT molecular complexity index is 721. The average molecular weight is 341 g/mol. The molecule has 2 aliphatic rings. The second-order valence-electron chi connectivity index (χ2n) is 5.92. The summed E-state index contributed by atoms with van der Waals surface area (Å²) in [6, 6.07) is 3.65. The van der Waals surface area contributed by atoms with Crippen molar-refractivity contribution in [3.05, 3.63) is 28.3 Å². The van der Waals surface area contributed by atoms with Gasteiger partial charge in [-0.1, -0.05) is 0 Å². The Balaban J connectivity index is 1.95. The minimum absolute atomic E-state index is 0.127. The molecule has 0 radical (unpaired) electrons. The van der Waals surface area contributed by atoms with E-state index in [0.29, 0.717) is 24.9 Å². The number of nitro benzene ring substituents is 1. The van der Waals surface area contributed by atoms with Gasteiger partial charge in [0.15, 0.2) is 0 Å². The first-order chi connectivity index (χ1) is 10.9. The highest BCUT2D eigenvalue weighted by molar-refractivity contribution is 7.89. The number of methoxy groups -OCH3 is 1. The van der Waals surface area contributed by atoms with Gasteiger partial charge in [-0.3, -0.25) is 10.1 Å². The van der Waals surface area contributed by atoms with E-state index in [9.17, 15) is 18.5 Å². The molecule has 0 amide bonds. The van der Waals surface area contributed by atoms with Crippen LogP contribution in [0.5, 0.6) is 5.75 Å². The topological polar surface area (TPSA) is 102 Å². The molecule has 126 valence electrons. The number of piperidine rings is 1. The van der Waals surface area contributed by atoms with Crippen molar-refractivity contribution in [1.29, 1.82) is 0 Å². The third-order valence-corrected chi connectivity index (χ3v) is 6.53. The summed E-state index contributed by atoms with van der Waals surface area (Å²) >= 11 is 0. The van der Waals surface area contributed by atoms with Crippen molar-refractivity contribution < 1.29 is 18.1 Å². The fraction of sp³-hybridized carbons (Fsp3) is 0.571. The molecule has 2 saturated heterocycles. The van der Waals surface area contributed by atoms with Gasteiger partial charge in [0, 0.05) is 25.2 Å². The lowest BCUT2D eigenvalue weighted by Crippen LogP contribution is -2.43. The number of sulfonamides is 1. The molecule has 0 aromatic heterocycles. The van der Waals surface area contributed by atoms with E-state index in [1.807, 2.05) is 0 Å². The molecule has 1 N–H and O–H groups in total. The molecule has 2 unspecified atom stereocenters. The number of hydrogen-bond acceptors (Lipinski definition) is 6. The normalized spacial score (nSPS) is 25.1. The molecule has 2 heterocycles. The van der Waals surface area contributed by atoms with Crippen molar-refractivity contribution in [2.24, 2.45) is 11.8 Å². The van der Waals surface area contributed by atoms with Gasteiger partial charge in [-0.2, -0.15) is 4.31 Å². The molecular formula is C14H19N3O5S. The minimum atomic E-state index is -3.82. The average Bonchev–Trinajstić information content (AvgIpc) is 3.01. The highest BCUT2D eigenvalue weighted by atomic mass is 32.2. The smallest absolute Gasteiger partial charge is 0.271 e. The number of fused-ring (bicyclic) bond motifs is 1. The van der Waals surface area contributed by atoms with E-state index in [1.165, 1.54) is 23.5 Å². The van der Waals surface area contributed by atoms with E-state index >= 15 is 0 Å². The lowest BCUT2D eigenvalue weighted by Gasteiger charge is -2.33. The molecule has 0 bridgehead atoms. The van der Waals surface area contributed by atoms with Crippen LogP contribution in [0, 0.1) is 22.0 Å². The van der Waals surface area contributed by atoms with Crippen LogP contribution in [0.4, 0.5) is 5.69 Å². The zero-order valence-corrected chi connectivity index (χ0v) is 13.6. The Labute approximate surface area is 134 Å². The predicted octanol–water partition coefficient (Wildman–Crippen LogP) is 0.833. The molecule has 23 heavy (non-hydrogen) atoms. The molecule has 2 fully saturated rings. The van der Waals surface area contributed by atoms with E-state index < -0.39 is 14.9 Å². The Hall–Kier alpha value is -1.71. The Morgan fingerprint density at radius 2 is 2.09 bits per heavy atom. The zero-order chi connectivity index (χ0) is 16.6.